The van der Waals surface area contributed by atoms with E-state index < -0.39 is 0 Å². The van der Waals surface area contributed by atoms with Crippen molar-refractivity contribution in [3.8, 4) is 34.0 Å². The van der Waals surface area contributed by atoms with Gasteiger partial charge in [-0.05, 0) is 60.7 Å². The van der Waals surface area contributed by atoms with Gasteiger partial charge in [0.1, 0.15) is 11.5 Å². The van der Waals surface area contributed by atoms with Gasteiger partial charge in [-0.1, -0.05) is 90.7 Å². The number of carbonyl (C=O) groups is 1. The van der Waals surface area contributed by atoms with E-state index in [1.54, 1.807) is 0 Å². The Bertz CT molecular complexity index is 1080. The third kappa shape index (κ3) is 11.2. The summed E-state index contributed by atoms with van der Waals surface area (Å²) >= 11 is 0. The third-order valence-corrected chi connectivity index (χ3v) is 7.23. The highest BCUT2D eigenvalue weighted by Gasteiger charge is 2.08. The van der Waals surface area contributed by atoms with Crippen molar-refractivity contribution in [1.29, 1.82) is 0 Å². The van der Waals surface area contributed by atoms with Crippen molar-refractivity contribution in [3.05, 3.63) is 60.9 Å². The van der Waals surface area contributed by atoms with Gasteiger partial charge >= 0.3 is 5.97 Å². The van der Waals surface area contributed by atoms with E-state index in [1.165, 1.54) is 51.4 Å². The summed E-state index contributed by atoms with van der Waals surface area (Å²) in [4.78, 5) is 21.3. The van der Waals surface area contributed by atoms with Crippen LogP contribution in [0.3, 0.4) is 0 Å². The lowest BCUT2D eigenvalue weighted by Crippen LogP contribution is -2.07. The minimum Gasteiger partial charge on any atom is -0.494 e. The number of hydrogen-bond donors (Lipinski definition) is 0. The van der Waals surface area contributed by atoms with Gasteiger partial charge < -0.3 is 9.47 Å². The van der Waals surface area contributed by atoms with Crippen LogP contribution in [-0.2, 0) is 4.79 Å². The normalized spacial score (nSPS) is 11.8. The maximum absolute atomic E-state index is 12.2. The van der Waals surface area contributed by atoms with Gasteiger partial charge in [0.05, 0.1) is 6.61 Å². The largest absolute Gasteiger partial charge is 0.494 e. The second-order valence-corrected chi connectivity index (χ2v) is 10.5. The standard InChI is InChI=1S/C34H46N2O3/c1-4-6-7-13-24-38-31-20-18-29(19-21-31)34-35-25-30(26-36-34)28-16-22-32(23-17-28)39-33(37)15-12-10-8-9-11-14-27(3)5-2/h16-23,25-27H,4-15,24H2,1-3H3. The molecule has 210 valence electrons. The van der Waals surface area contributed by atoms with Crippen LogP contribution < -0.4 is 9.47 Å². The van der Waals surface area contributed by atoms with Gasteiger partial charge in [0.15, 0.2) is 5.82 Å². The molecule has 0 bridgehead atoms. The molecule has 0 spiro atoms. The summed E-state index contributed by atoms with van der Waals surface area (Å²) in [5.41, 5.74) is 2.84. The Morgan fingerprint density at radius 3 is 2.03 bits per heavy atom. The highest BCUT2D eigenvalue weighted by molar-refractivity contribution is 5.73. The fourth-order valence-corrected chi connectivity index (χ4v) is 4.44. The van der Waals surface area contributed by atoms with Crippen LogP contribution in [0.2, 0.25) is 0 Å². The fourth-order valence-electron chi connectivity index (χ4n) is 4.44. The first kappa shape index (κ1) is 30.3. The average Bonchev–Trinajstić information content (AvgIpc) is 2.97. The molecule has 1 aromatic heterocycles. The Kier molecular flexibility index (Phi) is 13.5. The number of carbonyl (C=O) groups excluding carboxylic acids is 1. The molecular weight excluding hydrogens is 484 g/mol. The zero-order chi connectivity index (χ0) is 27.7. The Morgan fingerprint density at radius 1 is 0.718 bits per heavy atom. The first-order valence-corrected chi connectivity index (χ1v) is 15.0. The van der Waals surface area contributed by atoms with Crippen molar-refractivity contribution >= 4 is 5.97 Å². The lowest BCUT2D eigenvalue weighted by Gasteiger charge is -2.08. The van der Waals surface area contributed by atoms with E-state index in [-0.39, 0.29) is 5.97 Å². The van der Waals surface area contributed by atoms with E-state index in [4.69, 9.17) is 9.47 Å². The van der Waals surface area contributed by atoms with Gasteiger partial charge in [0, 0.05) is 29.9 Å². The van der Waals surface area contributed by atoms with Crippen LogP contribution in [0.15, 0.2) is 60.9 Å². The zero-order valence-corrected chi connectivity index (χ0v) is 24.2. The number of benzene rings is 2. The van der Waals surface area contributed by atoms with Gasteiger partial charge in [0.2, 0.25) is 0 Å². The van der Waals surface area contributed by atoms with Crippen molar-refractivity contribution in [2.24, 2.45) is 5.92 Å². The van der Waals surface area contributed by atoms with Crippen LogP contribution in [0.4, 0.5) is 0 Å². The van der Waals surface area contributed by atoms with E-state index in [1.807, 2.05) is 60.9 Å². The number of esters is 1. The van der Waals surface area contributed by atoms with Crippen molar-refractivity contribution < 1.29 is 14.3 Å². The van der Waals surface area contributed by atoms with Gasteiger partial charge in [-0.2, -0.15) is 0 Å². The molecule has 0 fully saturated rings. The summed E-state index contributed by atoms with van der Waals surface area (Å²) in [5.74, 6) is 2.78. The number of unbranched alkanes of at least 4 members (excludes halogenated alkanes) is 7. The van der Waals surface area contributed by atoms with Gasteiger partial charge in [-0.25, -0.2) is 9.97 Å². The molecule has 0 radical (unpaired) electrons. The maximum atomic E-state index is 12.2. The van der Waals surface area contributed by atoms with Crippen LogP contribution in [0.1, 0.15) is 97.8 Å². The molecule has 2 aromatic carbocycles. The van der Waals surface area contributed by atoms with Crippen molar-refractivity contribution in [2.45, 2.75) is 97.8 Å². The predicted octanol–water partition coefficient (Wildman–Crippen LogP) is 9.45. The van der Waals surface area contributed by atoms with Crippen LogP contribution in [0, 0.1) is 5.92 Å². The van der Waals surface area contributed by atoms with E-state index in [9.17, 15) is 4.79 Å². The van der Waals surface area contributed by atoms with E-state index in [2.05, 4.69) is 30.7 Å². The lowest BCUT2D eigenvalue weighted by molar-refractivity contribution is -0.134. The molecule has 0 aliphatic heterocycles. The molecule has 0 saturated carbocycles. The number of rotatable bonds is 18. The molecule has 5 heteroatoms. The fraction of sp³-hybridized carbons (Fsp3) is 0.500. The summed E-state index contributed by atoms with van der Waals surface area (Å²) in [6.45, 7) is 7.53. The van der Waals surface area contributed by atoms with Crippen LogP contribution in [0.5, 0.6) is 11.5 Å². The molecule has 0 amide bonds. The Morgan fingerprint density at radius 2 is 1.33 bits per heavy atom. The maximum Gasteiger partial charge on any atom is 0.311 e. The highest BCUT2D eigenvalue weighted by atomic mass is 16.5. The molecule has 0 saturated heterocycles. The molecule has 3 aromatic rings. The first-order valence-electron chi connectivity index (χ1n) is 15.0. The van der Waals surface area contributed by atoms with Crippen molar-refractivity contribution in [3.63, 3.8) is 0 Å². The smallest absolute Gasteiger partial charge is 0.311 e. The van der Waals surface area contributed by atoms with E-state index in [0.717, 1.165) is 54.2 Å². The molecule has 1 atom stereocenters. The number of ether oxygens (including phenoxy) is 2. The molecule has 1 unspecified atom stereocenters. The summed E-state index contributed by atoms with van der Waals surface area (Å²) in [5, 5.41) is 0. The second kappa shape index (κ2) is 17.4. The number of aromatic nitrogens is 2. The minimum absolute atomic E-state index is 0.164. The third-order valence-electron chi connectivity index (χ3n) is 7.23. The van der Waals surface area contributed by atoms with Crippen LogP contribution in [-0.4, -0.2) is 22.5 Å². The van der Waals surface area contributed by atoms with Gasteiger partial charge in [-0.15, -0.1) is 0 Å². The lowest BCUT2D eigenvalue weighted by atomic mass is 10.00. The molecule has 39 heavy (non-hydrogen) atoms. The number of nitrogens with zero attached hydrogens (tertiary/aromatic N) is 2. The molecule has 0 N–H and O–H groups in total. The van der Waals surface area contributed by atoms with Crippen molar-refractivity contribution in [2.75, 3.05) is 6.61 Å². The average molecular weight is 531 g/mol. The Hall–Kier alpha value is -3.21. The number of hydrogen-bond acceptors (Lipinski definition) is 5. The molecule has 0 aliphatic carbocycles. The summed E-state index contributed by atoms with van der Waals surface area (Å²) in [6.07, 6.45) is 17.2. The summed E-state index contributed by atoms with van der Waals surface area (Å²) in [6, 6.07) is 15.5. The van der Waals surface area contributed by atoms with E-state index in [0.29, 0.717) is 18.0 Å². The van der Waals surface area contributed by atoms with Crippen LogP contribution in [0.25, 0.3) is 22.5 Å². The van der Waals surface area contributed by atoms with E-state index >= 15 is 0 Å². The summed E-state index contributed by atoms with van der Waals surface area (Å²) in [7, 11) is 0. The van der Waals surface area contributed by atoms with Crippen LogP contribution >= 0.6 is 0 Å². The first-order chi connectivity index (χ1) is 19.1. The second-order valence-electron chi connectivity index (χ2n) is 10.5. The predicted molar refractivity (Wildman–Crippen MR) is 160 cm³/mol. The molecule has 3 rings (SSSR count). The molecule has 1 heterocycles. The Labute approximate surface area is 235 Å². The molecular formula is C34H46N2O3. The highest BCUT2D eigenvalue weighted by Crippen LogP contribution is 2.24. The minimum atomic E-state index is -0.164. The molecule has 0 aliphatic rings. The topological polar surface area (TPSA) is 61.3 Å². The van der Waals surface area contributed by atoms with Crippen molar-refractivity contribution in [1.82, 2.24) is 9.97 Å². The van der Waals surface area contributed by atoms with Gasteiger partial charge in [-0.3, -0.25) is 4.79 Å². The summed E-state index contributed by atoms with van der Waals surface area (Å²) < 4.78 is 11.4. The Balaban J connectivity index is 1.40. The molecule has 5 nitrogen and oxygen atoms in total. The van der Waals surface area contributed by atoms with Gasteiger partial charge in [0.25, 0.3) is 0 Å². The monoisotopic (exact) mass is 530 g/mol. The quantitative estimate of drug-likeness (QED) is 0.0931. The zero-order valence-electron chi connectivity index (χ0n) is 24.2. The SMILES string of the molecule is CCCCCCOc1ccc(-c2ncc(-c3ccc(OC(=O)CCCCCCCC(C)CC)cc3)cn2)cc1.